The van der Waals surface area contributed by atoms with Gasteiger partial charge in [0, 0.05) is 24.0 Å². The summed E-state index contributed by atoms with van der Waals surface area (Å²) >= 11 is 6.15. The van der Waals surface area contributed by atoms with Crippen LogP contribution in [0.5, 0.6) is 5.75 Å². The number of methoxy groups -OCH3 is 1. The number of hydrogen-bond acceptors (Lipinski definition) is 5. The van der Waals surface area contributed by atoms with Gasteiger partial charge in [0.2, 0.25) is 11.8 Å². The largest absolute Gasteiger partial charge is 0.497 e. The van der Waals surface area contributed by atoms with Gasteiger partial charge in [-0.25, -0.2) is 12.8 Å². The van der Waals surface area contributed by atoms with Gasteiger partial charge in [-0.05, 0) is 84.6 Å². The zero-order valence-corrected chi connectivity index (χ0v) is 27.6. The molecule has 4 aromatic carbocycles. The maximum absolute atomic E-state index is 14.5. The van der Waals surface area contributed by atoms with Crippen LogP contribution in [0.1, 0.15) is 36.8 Å². The van der Waals surface area contributed by atoms with Crippen molar-refractivity contribution in [3.63, 3.8) is 0 Å². The summed E-state index contributed by atoms with van der Waals surface area (Å²) in [5, 5.41) is 3.66. The average Bonchev–Trinajstić information content (AvgIpc) is 3.60. The number of nitrogens with one attached hydrogen (secondary N) is 1. The quantitative estimate of drug-likeness (QED) is 0.177. The second-order valence-corrected chi connectivity index (χ2v) is 13.8. The zero-order valence-electron chi connectivity index (χ0n) is 26.0. The molecule has 246 valence electrons. The molecule has 0 aliphatic heterocycles. The summed E-state index contributed by atoms with van der Waals surface area (Å²) in [5.74, 6) is -1.02. The van der Waals surface area contributed by atoms with Crippen LogP contribution in [-0.2, 0) is 32.6 Å². The Morgan fingerprint density at radius 2 is 1.53 bits per heavy atom. The number of nitrogens with zero attached hydrogens (tertiary/aromatic N) is 2. The first-order chi connectivity index (χ1) is 22.6. The topological polar surface area (TPSA) is 96.0 Å². The first-order valence-electron chi connectivity index (χ1n) is 15.4. The third-order valence-corrected chi connectivity index (χ3v) is 10.3. The molecule has 0 saturated heterocycles. The van der Waals surface area contributed by atoms with Crippen molar-refractivity contribution in [1.82, 2.24) is 10.2 Å². The first kappa shape index (κ1) is 33.9. The van der Waals surface area contributed by atoms with Gasteiger partial charge in [0.1, 0.15) is 24.2 Å². The van der Waals surface area contributed by atoms with E-state index in [9.17, 15) is 22.4 Å². The molecular weight excluding hydrogens is 641 g/mol. The Kier molecular flexibility index (Phi) is 11.2. The van der Waals surface area contributed by atoms with Crippen LogP contribution in [0, 0.1) is 5.82 Å². The second-order valence-electron chi connectivity index (χ2n) is 11.5. The van der Waals surface area contributed by atoms with Crippen LogP contribution in [0.3, 0.4) is 0 Å². The summed E-state index contributed by atoms with van der Waals surface area (Å²) in [5.41, 5.74) is 1.65. The lowest BCUT2D eigenvalue weighted by Gasteiger charge is -2.34. The molecule has 1 aliphatic rings. The summed E-state index contributed by atoms with van der Waals surface area (Å²) in [7, 11) is -2.86. The number of benzene rings is 4. The van der Waals surface area contributed by atoms with E-state index in [1.165, 1.54) is 48.4 Å². The van der Waals surface area contributed by atoms with E-state index in [4.69, 9.17) is 16.3 Å². The Hall–Kier alpha value is -4.41. The molecule has 0 unspecified atom stereocenters. The molecule has 11 heteroatoms. The molecular formula is C36H37ClFN3O5S. The van der Waals surface area contributed by atoms with Crippen LogP contribution in [-0.4, -0.2) is 50.9 Å². The summed E-state index contributed by atoms with van der Waals surface area (Å²) in [6.45, 7) is -0.624. The molecule has 1 saturated carbocycles. The molecule has 0 aromatic heterocycles. The van der Waals surface area contributed by atoms with E-state index in [1.54, 1.807) is 24.3 Å². The normalized spacial score (nSPS) is 13.9. The summed E-state index contributed by atoms with van der Waals surface area (Å²) in [4.78, 5) is 29.9. The lowest BCUT2D eigenvalue weighted by atomic mass is 10.0. The highest BCUT2D eigenvalue weighted by Gasteiger charge is 2.35. The van der Waals surface area contributed by atoms with E-state index >= 15 is 0 Å². The number of carbonyl (C=O) groups is 2. The van der Waals surface area contributed by atoms with Crippen LogP contribution in [0.25, 0.3) is 0 Å². The Labute approximate surface area is 280 Å². The molecule has 4 aromatic rings. The Morgan fingerprint density at radius 3 is 2.15 bits per heavy atom. The van der Waals surface area contributed by atoms with Crippen molar-refractivity contribution in [1.29, 1.82) is 0 Å². The third kappa shape index (κ3) is 8.69. The number of sulfonamides is 1. The molecule has 0 heterocycles. The van der Waals surface area contributed by atoms with Gasteiger partial charge in [0.15, 0.2) is 0 Å². The maximum Gasteiger partial charge on any atom is 0.264 e. The van der Waals surface area contributed by atoms with E-state index in [0.29, 0.717) is 16.3 Å². The molecule has 2 amide bonds. The number of halogens is 2. The molecule has 5 rings (SSSR count). The van der Waals surface area contributed by atoms with Gasteiger partial charge in [0.05, 0.1) is 17.7 Å². The monoisotopic (exact) mass is 677 g/mol. The number of ether oxygens (including phenoxy) is 1. The standard InChI is InChI=1S/C36H37ClFN3O5S/c1-46-32-19-21-33(22-20-32)47(44,45)41(31-17-15-29(38)16-18-31)25-35(42)40(24-27-11-13-28(37)14-12-27)34(23-26-7-3-2-4-8-26)36(43)39-30-9-5-6-10-30/h2-4,7-8,11-22,30,34H,5-6,9-10,23-25H2,1H3,(H,39,43)/t34-/m1/s1. The Bertz CT molecular complexity index is 1750. The van der Waals surface area contributed by atoms with Crippen molar-refractivity contribution in [3.05, 3.63) is 125 Å². The fraction of sp³-hybridized carbons (Fsp3) is 0.278. The van der Waals surface area contributed by atoms with Crippen LogP contribution >= 0.6 is 11.6 Å². The van der Waals surface area contributed by atoms with Gasteiger partial charge in [-0.2, -0.15) is 0 Å². The molecule has 8 nitrogen and oxygen atoms in total. The minimum atomic E-state index is -4.33. The molecule has 1 N–H and O–H groups in total. The maximum atomic E-state index is 14.5. The van der Waals surface area contributed by atoms with Gasteiger partial charge in [-0.1, -0.05) is 66.9 Å². The van der Waals surface area contributed by atoms with Crippen molar-refractivity contribution in [3.8, 4) is 5.75 Å². The lowest BCUT2D eigenvalue weighted by Crippen LogP contribution is -2.54. The van der Waals surface area contributed by atoms with Crippen LogP contribution in [0.2, 0.25) is 5.02 Å². The third-order valence-electron chi connectivity index (χ3n) is 8.28. The fourth-order valence-corrected chi connectivity index (χ4v) is 7.26. The highest BCUT2D eigenvalue weighted by Crippen LogP contribution is 2.27. The first-order valence-corrected chi connectivity index (χ1v) is 17.3. The van der Waals surface area contributed by atoms with Crippen molar-refractivity contribution in [2.75, 3.05) is 18.0 Å². The van der Waals surface area contributed by atoms with Gasteiger partial charge >= 0.3 is 0 Å². The second kappa shape index (κ2) is 15.5. The summed E-state index contributed by atoms with van der Waals surface area (Å²) in [6.07, 6.45) is 3.94. The van der Waals surface area contributed by atoms with Crippen LogP contribution in [0.15, 0.2) is 108 Å². The van der Waals surface area contributed by atoms with E-state index in [1.807, 2.05) is 30.3 Å². The number of carbonyl (C=O) groups excluding carboxylic acids is 2. The highest BCUT2D eigenvalue weighted by atomic mass is 35.5. The van der Waals surface area contributed by atoms with Crippen LogP contribution in [0.4, 0.5) is 10.1 Å². The minimum Gasteiger partial charge on any atom is -0.497 e. The van der Waals surface area contributed by atoms with Crippen molar-refractivity contribution in [2.24, 2.45) is 0 Å². The summed E-state index contributed by atoms with van der Waals surface area (Å²) < 4.78 is 48.4. The predicted octanol–water partition coefficient (Wildman–Crippen LogP) is 6.38. The molecule has 47 heavy (non-hydrogen) atoms. The van der Waals surface area contributed by atoms with Crippen molar-refractivity contribution >= 4 is 39.1 Å². The van der Waals surface area contributed by atoms with Crippen LogP contribution < -0.4 is 14.4 Å². The van der Waals surface area contributed by atoms with Gasteiger partial charge in [-0.15, -0.1) is 0 Å². The average molecular weight is 678 g/mol. The number of amides is 2. The Balaban J connectivity index is 1.55. The molecule has 1 aliphatic carbocycles. The van der Waals surface area contributed by atoms with E-state index in [2.05, 4.69) is 5.32 Å². The molecule has 1 fully saturated rings. The number of rotatable bonds is 13. The van der Waals surface area contributed by atoms with E-state index < -0.39 is 34.3 Å². The molecule has 0 radical (unpaired) electrons. The van der Waals surface area contributed by atoms with Gasteiger partial charge < -0.3 is 15.0 Å². The van der Waals surface area contributed by atoms with E-state index in [-0.39, 0.29) is 35.5 Å². The minimum absolute atomic E-state index is 0.000536. The van der Waals surface area contributed by atoms with Crippen molar-refractivity contribution in [2.45, 2.75) is 55.6 Å². The molecule has 1 atom stereocenters. The number of hydrogen-bond donors (Lipinski definition) is 1. The number of anilines is 1. The summed E-state index contributed by atoms with van der Waals surface area (Å²) in [6, 6.07) is 26.0. The Morgan fingerprint density at radius 1 is 0.894 bits per heavy atom. The lowest BCUT2D eigenvalue weighted by molar-refractivity contribution is -0.140. The molecule has 0 bridgehead atoms. The SMILES string of the molecule is COc1ccc(S(=O)(=O)N(CC(=O)N(Cc2ccc(Cl)cc2)[C@H](Cc2ccccc2)C(=O)NC2CCCC2)c2ccc(F)cc2)cc1. The van der Waals surface area contributed by atoms with Gasteiger partial charge in [-0.3, -0.25) is 13.9 Å². The smallest absolute Gasteiger partial charge is 0.264 e. The van der Waals surface area contributed by atoms with E-state index in [0.717, 1.165) is 47.7 Å². The molecule has 0 spiro atoms. The van der Waals surface area contributed by atoms with Gasteiger partial charge in [0.25, 0.3) is 10.0 Å². The highest BCUT2D eigenvalue weighted by molar-refractivity contribution is 7.92. The zero-order chi connectivity index (χ0) is 33.4. The fourth-order valence-electron chi connectivity index (χ4n) is 5.72. The predicted molar refractivity (Wildman–Crippen MR) is 180 cm³/mol. The van der Waals surface area contributed by atoms with Crippen molar-refractivity contribution < 1.29 is 27.1 Å².